The van der Waals surface area contributed by atoms with Gasteiger partial charge in [0.25, 0.3) is 0 Å². The first kappa shape index (κ1) is 11.3. The van der Waals surface area contributed by atoms with Gasteiger partial charge in [-0.3, -0.25) is 0 Å². The van der Waals surface area contributed by atoms with E-state index in [1.54, 1.807) is 24.4 Å². The standard InChI is InChI=1S/C12H11N3O2S/c16-11(17)8-2-1-3-10-9(8)4-13-12(15-10)14-7-5-18-6-7/h1-4,7H,5-6H2,(H,16,17)(H,13,14,15). The average molecular weight is 261 g/mol. The molecule has 1 aliphatic rings. The molecule has 0 atom stereocenters. The molecule has 2 N–H and O–H groups in total. The fourth-order valence-electron chi connectivity index (χ4n) is 1.81. The molecule has 2 heterocycles. The second-order valence-electron chi connectivity index (χ2n) is 4.12. The molecule has 1 aromatic heterocycles. The molecule has 1 saturated heterocycles. The Morgan fingerprint density at radius 3 is 2.94 bits per heavy atom. The summed E-state index contributed by atoms with van der Waals surface area (Å²) in [5, 5.41) is 12.9. The van der Waals surface area contributed by atoms with Gasteiger partial charge in [0.05, 0.1) is 11.1 Å². The van der Waals surface area contributed by atoms with Gasteiger partial charge in [-0.15, -0.1) is 0 Å². The molecule has 1 aromatic carbocycles. The van der Waals surface area contributed by atoms with Crippen LogP contribution in [-0.2, 0) is 0 Å². The quantitative estimate of drug-likeness (QED) is 0.878. The number of nitrogens with zero attached hydrogens (tertiary/aromatic N) is 2. The molecule has 1 aliphatic heterocycles. The topological polar surface area (TPSA) is 75.1 Å². The van der Waals surface area contributed by atoms with E-state index >= 15 is 0 Å². The van der Waals surface area contributed by atoms with Crippen LogP contribution in [0.2, 0.25) is 0 Å². The van der Waals surface area contributed by atoms with Crippen LogP contribution in [0.5, 0.6) is 0 Å². The molecule has 2 aromatic rings. The third-order valence-corrected chi connectivity index (χ3v) is 4.10. The van der Waals surface area contributed by atoms with E-state index in [0.29, 0.717) is 22.9 Å². The van der Waals surface area contributed by atoms with Crippen LogP contribution in [0.4, 0.5) is 5.95 Å². The van der Waals surface area contributed by atoms with Gasteiger partial charge >= 0.3 is 5.97 Å². The summed E-state index contributed by atoms with van der Waals surface area (Å²) >= 11 is 1.88. The Bertz CT molecular complexity index is 613. The van der Waals surface area contributed by atoms with Gasteiger partial charge in [-0.25, -0.2) is 14.8 Å². The van der Waals surface area contributed by atoms with E-state index in [0.717, 1.165) is 11.5 Å². The van der Waals surface area contributed by atoms with Crippen molar-refractivity contribution in [1.82, 2.24) is 9.97 Å². The van der Waals surface area contributed by atoms with Gasteiger partial charge < -0.3 is 10.4 Å². The Balaban J connectivity index is 1.99. The number of nitrogens with one attached hydrogen (secondary N) is 1. The molecule has 6 heteroatoms. The number of anilines is 1. The summed E-state index contributed by atoms with van der Waals surface area (Å²) in [6.07, 6.45) is 1.57. The molecule has 0 bridgehead atoms. The van der Waals surface area contributed by atoms with E-state index in [4.69, 9.17) is 5.11 Å². The Kier molecular flexibility index (Phi) is 2.79. The molecule has 1 fully saturated rings. The third-order valence-electron chi connectivity index (χ3n) is 2.83. The van der Waals surface area contributed by atoms with E-state index in [2.05, 4.69) is 15.3 Å². The van der Waals surface area contributed by atoms with Crippen LogP contribution in [0.1, 0.15) is 10.4 Å². The van der Waals surface area contributed by atoms with Crippen LogP contribution >= 0.6 is 11.8 Å². The van der Waals surface area contributed by atoms with Crippen molar-refractivity contribution in [3.05, 3.63) is 30.0 Å². The van der Waals surface area contributed by atoms with Crippen molar-refractivity contribution >= 4 is 34.6 Å². The van der Waals surface area contributed by atoms with Crippen LogP contribution in [0.15, 0.2) is 24.4 Å². The van der Waals surface area contributed by atoms with Gasteiger partial charge in [0, 0.05) is 29.1 Å². The summed E-state index contributed by atoms with van der Waals surface area (Å²) < 4.78 is 0. The van der Waals surface area contributed by atoms with Gasteiger partial charge in [-0.2, -0.15) is 11.8 Å². The van der Waals surface area contributed by atoms with E-state index in [9.17, 15) is 4.79 Å². The number of aromatic carboxylic acids is 1. The van der Waals surface area contributed by atoms with Crippen LogP contribution < -0.4 is 5.32 Å². The summed E-state index contributed by atoms with van der Waals surface area (Å²) in [5.41, 5.74) is 0.887. The van der Waals surface area contributed by atoms with Crippen molar-refractivity contribution in [2.75, 3.05) is 16.8 Å². The Morgan fingerprint density at radius 2 is 2.28 bits per heavy atom. The molecule has 0 radical (unpaired) electrons. The lowest BCUT2D eigenvalue weighted by atomic mass is 10.1. The molecule has 18 heavy (non-hydrogen) atoms. The minimum Gasteiger partial charge on any atom is -0.478 e. The smallest absolute Gasteiger partial charge is 0.336 e. The predicted molar refractivity (Wildman–Crippen MR) is 71.2 cm³/mol. The number of aromatic nitrogens is 2. The van der Waals surface area contributed by atoms with Crippen LogP contribution in [0, 0.1) is 0 Å². The minimum absolute atomic E-state index is 0.234. The van der Waals surface area contributed by atoms with Crippen LogP contribution in [0.3, 0.4) is 0 Å². The lowest BCUT2D eigenvalue weighted by Crippen LogP contribution is -2.33. The number of rotatable bonds is 3. The molecular formula is C12H11N3O2S. The van der Waals surface area contributed by atoms with E-state index < -0.39 is 5.97 Å². The summed E-state index contributed by atoms with van der Waals surface area (Å²) in [6.45, 7) is 0. The summed E-state index contributed by atoms with van der Waals surface area (Å²) in [4.78, 5) is 19.6. The highest BCUT2D eigenvalue weighted by molar-refractivity contribution is 8.00. The Hall–Kier alpha value is -1.82. The fraction of sp³-hybridized carbons (Fsp3) is 0.250. The van der Waals surface area contributed by atoms with Gasteiger partial charge in [0.2, 0.25) is 5.95 Å². The van der Waals surface area contributed by atoms with E-state index in [1.165, 1.54) is 0 Å². The van der Waals surface area contributed by atoms with Crippen molar-refractivity contribution in [2.45, 2.75) is 6.04 Å². The first-order chi connectivity index (χ1) is 8.74. The third kappa shape index (κ3) is 1.99. The monoisotopic (exact) mass is 261 g/mol. The molecule has 0 amide bonds. The molecule has 3 rings (SSSR count). The largest absolute Gasteiger partial charge is 0.478 e. The first-order valence-corrected chi connectivity index (χ1v) is 6.73. The van der Waals surface area contributed by atoms with E-state index in [-0.39, 0.29) is 5.56 Å². The van der Waals surface area contributed by atoms with Crippen molar-refractivity contribution < 1.29 is 9.90 Å². The highest BCUT2D eigenvalue weighted by atomic mass is 32.2. The lowest BCUT2D eigenvalue weighted by molar-refractivity contribution is 0.0699. The molecule has 92 valence electrons. The number of carbonyl (C=O) groups is 1. The molecule has 0 saturated carbocycles. The fourth-order valence-corrected chi connectivity index (χ4v) is 2.45. The maximum Gasteiger partial charge on any atom is 0.336 e. The number of benzene rings is 1. The number of carboxylic acid groups (broad SMARTS) is 1. The first-order valence-electron chi connectivity index (χ1n) is 5.57. The van der Waals surface area contributed by atoms with Gasteiger partial charge in [-0.05, 0) is 12.1 Å². The summed E-state index contributed by atoms with van der Waals surface area (Å²) in [7, 11) is 0. The number of hydrogen-bond acceptors (Lipinski definition) is 5. The highest BCUT2D eigenvalue weighted by Gasteiger charge is 2.19. The maximum absolute atomic E-state index is 11.1. The number of hydrogen-bond donors (Lipinski definition) is 2. The lowest BCUT2D eigenvalue weighted by Gasteiger charge is -2.25. The molecular weight excluding hydrogens is 250 g/mol. The van der Waals surface area contributed by atoms with Crippen LogP contribution in [-0.4, -0.2) is 38.6 Å². The number of thioether (sulfide) groups is 1. The summed E-state index contributed by atoms with van der Waals surface area (Å²) in [6, 6.07) is 5.48. The second kappa shape index (κ2) is 4.45. The maximum atomic E-state index is 11.1. The Morgan fingerprint density at radius 1 is 1.44 bits per heavy atom. The van der Waals surface area contributed by atoms with Gasteiger partial charge in [0.15, 0.2) is 0 Å². The minimum atomic E-state index is -0.958. The zero-order valence-electron chi connectivity index (χ0n) is 9.46. The predicted octanol–water partition coefficient (Wildman–Crippen LogP) is 1.86. The van der Waals surface area contributed by atoms with Crippen molar-refractivity contribution in [3.63, 3.8) is 0 Å². The normalized spacial score (nSPS) is 15.3. The Labute approximate surface area is 108 Å². The molecule has 0 unspecified atom stereocenters. The summed E-state index contributed by atoms with van der Waals surface area (Å²) in [5.74, 6) is 1.74. The second-order valence-corrected chi connectivity index (χ2v) is 5.19. The van der Waals surface area contributed by atoms with Crippen molar-refractivity contribution in [1.29, 1.82) is 0 Å². The zero-order chi connectivity index (χ0) is 12.5. The molecule has 5 nitrogen and oxygen atoms in total. The SMILES string of the molecule is O=C(O)c1cccc2nc(NC3CSC3)ncc12. The average Bonchev–Trinajstić information content (AvgIpc) is 2.32. The number of carboxylic acids is 1. The van der Waals surface area contributed by atoms with Crippen LogP contribution in [0.25, 0.3) is 10.9 Å². The molecule has 0 spiro atoms. The van der Waals surface area contributed by atoms with Crippen molar-refractivity contribution in [3.8, 4) is 0 Å². The highest BCUT2D eigenvalue weighted by Crippen LogP contribution is 2.22. The van der Waals surface area contributed by atoms with Gasteiger partial charge in [-0.1, -0.05) is 6.07 Å². The van der Waals surface area contributed by atoms with Crippen molar-refractivity contribution in [2.24, 2.45) is 0 Å². The molecule has 0 aliphatic carbocycles. The van der Waals surface area contributed by atoms with E-state index in [1.807, 2.05) is 11.8 Å². The zero-order valence-corrected chi connectivity index (χ0v) is 10.3. The van der Waals surface area contributed by atoms with Gasteiger partial charge in [0.1, 0.15) is 0 Å². The number of fused-ring (bicyclic) bond motifs is 1.